The molecule has 1 saturated heterocycles. The molecule has 1 aromatic heterocycles. The van der Waals surface area contributed by atoms with E-state index in [-0.39, 0.29) is 11.0 Å². The van der Waals surface area contributed by atoms with Crippen LogP contribution in [0.3, 0.4) is 0 Å². The van der Waals surface area contributed by atoms with E-state index in [1.54, 1.807) is 31.5 Å². The predicted octanol–water partition coefficient (Wildman–Crippen LogP) is 5.88. The van der Waals surface area contributed by atoms with Crippen LogP contribution < -0.4 is 15.5 Å². The maximum absolute atomic E-state index is 13.2. The molecule has 0 bridgehead atoms. The van der Waals surface area contributed by atoms with Gasteiger partial charge in [0.05, 0.1) is 23.8 Å². The Balaban J connectivity index is 1.51. The van der Waals surface area contributed by atoms with Gasteiger partial charge in [0.25, 0.3) is 5.91 Å². The van der Waals surface area contributed by atoms with Crippen molar-refractivity contribution < 1.29 is 9.53 Å². The molecule has 3 aromatic rings. The van der Waals surface area contributed by atoms with Crippen LogP contribution in [-0.2, 0) is 10.2 Å². The highest BCUT2D eigenvalue weighted by molar-refractivity contribution is 8.14. The molecule has 10 heteroatoms. The van der Waals surface area contributed by atoms with Crippen LogP contribution >= 0.6 is 11.8 Å². The zero-order chi connectivity index (χ0) is 31.0. The minimum atomic E-state index is -0.669. The topological polar surface area (TPSA) is 117 Å². The number of aromatic nitrogens is 1. The largest absolute Gasteiger partial charge is 0.383 e. The van der Waals surface area contributed by atoms with Crippen molar-refractivity contribution in [1.82, 2.24) is 9.88 Å². The first kappa shape index (κ1) is 31.8. The van der Waals surface area contributed by atoms with Gasteiger partial charge in [0.2, 0.25) is 0 Å². The molecule has 9 nitrogen and oxygen atoms in total. The summed E-state index contributed by atoms with van der Waals surface area (Å²) in [6.07, 6.45) is 1.58. The minimum Gasteiger partial charge on any atom is -0.383 e. The standard InChI is InChI=1S/C33H39N7O2S/c1-6-36-27-12-13-29(40-16-14-39(15-17-40)18-19-42-5)38-30(27)31(35)43-28-20-24(11-10-23(28)2)32(41)37-26-9-7-8-25(21-26)33(3,4)22-34/h6-13,20-21,35-36H,1,14-19H2,2-5H3,(H,37,41). The molecule has 2 heterocycles. The predicted molar refractivity (Wildman–Crippen MR) is 175 cm³/mol. The van der Waals surface area contributed by atoms with Crippen molar-refractivity contribution in [1.29, 1.82) is 10.7 Å². The summed E-state index contributed by atoms with van der Waals surface area (Å²) in [5, 5.41) is 24.8. The molecule has 0 spiro atoms. The number of nitrogens with zero attached hydrogens (tertiary/aromatic N) is 4. The Bertz CT molecular complexity index is 1520. The summed E-state index contributed by atoms with van der Waals surface area (Å²) < 4.78 is 5.22. The van der Waals surface area contributed by atoms with E-state index in [0.717, 1.165) is 61.2 Å². The normalized spacial score (nSPS) is 13.7. The first-order valence-electron chi connectivity index (χ1n) is 14.2. The van der Waals surface area contributed by atoms with Gasteiger partial charge < -0.3 is 20.3 Å². The number of ether oxygens (including phenoxy) is 1. The van der Waals surface area contributed by atoms with Crippen LogP contribution in [0.15, 0.2) is 72.3 Å². The van der Waals surface area contributed by atoms with Crippen molar-refractivity contribution >= 4 is 39.9 Å². The molecule has 4 rings (SSSR count). The second-order valence-corrected chi connectivity index (χ2v) is 12.0. The number of anilines is 3. The summed E-state index contributed by atoms with van der Waals surface area (Å²) in [5.74, 6) is 0.562. The van der Waals surface area contributed by atoms with Crippen molar-refractivity contribution in [2.24, 2.45) is 0 Å². The van der Waals surface area contributed by atoms with Gasteiger partial charge in [-0.3, -0.25) is 15.1 Å². The Labute approximate surface area is 258 Å². The molecule has 1 aliphatic heterocycles. The number of methoxy groups -OCH3 is 1. The molecule has 224 valence electrons. The highest BCUT2D eigenvalue weighted by Gasteiger charge is 2.22. The molecular weight excluding hydrogens is 558 g/mol. The maximum atomic E-state index is 13.2. The first-order chi connectivity index (χ1) is 20.6. The van der Waals surface area contributed by atoms with Gasteiger partial charge in [-0.05, 0) is 74.5 Å². The molecule has 0 saturated carbocycles. The Hall–Kier alpha value is -4.17. The van der Waals surface area contributed by atoms with Crippen LogP contribution in [0.25, 0.3) is 0 Å². The van der Waals surface area contributed by atoms with Gasteiger partial charge in [-0.2, -0.15) is 5.26 Å². The number of hydrogen-bond acceptors (Lipinski definition) is 9. The lowest BCUT2D eigenvalue weighted by molar-refractivity contribution is 0.102. The first-order valence-corrected chi connectivity index (χ1v) is 15.0. The van der Waals surface area contributed by atoms with E-state index in [1.165, 1.54) is 11.8 Å². The third-order valence-electron chi connectivity index (χ3n) is 7.45. The van der Waals surface area contributed by atoms with Crippen LogP contribution in [0.2, 0.25) is 0 Å². The summed E-state index contributed by atoms with van der Waals surface area (Å²) >= 11 is 1.26. The summed E-state index contributed by atoms with van der Waals surface area (Å²) in [7, 11) is 1.72. The summed E-state index contributed by atoms with van der Waals surface area (Å²) in [6.45, 7) is 14.6. The van der Waals surface area contributed by atoms with E-state index in [4.69, 9.17) is 15.1 Å². The van der Waals surface area contributed by atoms with Crippen LogP contribution in [-0.4, -0.2) is 67.3 Å². The van der Waals surface area contributed by atoms with Gasteiger partial charge in [-0.25, -0.2) is 4.98 Å². The molecule has 1 aliphatic rings. The number of amides is 1. The number of rotatable bonds is 11. The average Bonchev–Trinajstić information content (AvgIpc) is 3.01. The number of carbonyl (C=O) groups excluding carboxylic acids is 1. The van der Waals surface area contributed by atoms with E-state index in [0.29, 0.717) is 22.6 Å². The van der Waals surface area contributed by atoms with E-state index in [1.807, 2.05) is 57.2 Å². The summed E-state index contributed by atoms with van der Waals surface area (Å²) in [5.41, 5.74) is 3.42. The van der Waals surface area contributed by atoms with E-state index >= 15 is 0 Å². The van der Waals surface area contributed by atoms with Gasteiger partial charge in [-0.15, -0.1) is 0 Å². The third-order valence-corrected chi connectivity index (χ3v) is 8.50. The number of pyridine rings is 1. The summed E-state index contributed by atoms with van der Waals surface area (Å²) in [6, 6.07) is 19.0. The Morgan fingerprint density at radius 3 is 2.65 bits per heavy atom. The lowest BCUT2D eigenvalue weighted by atomic mass is 9.86. The molecule has 1 fully saturated rings. The molecular formula is C33H39N7O2S. The second kappa shape index (κ2) is 14.3. The fourth-order valence-corrected chi connectivity index (χ4v) is 5.60. The molecule has 0 unspecified atom stereocenters. The van der Waals surface area contributed by atoms with Crippen LogP contribution in [0.4, 0.5) is 17.2 Å². The number of hydrogen-bond donors (Lipinski definition) is 3. The average molecular weight is 598 g/mol. The molecule has 2 aromatic carbocycles. The van der Waals surface area contributed by atoms with Gasteiger partial charge in [-0.1, -0.05) is 36.5 Å². The fraction of sp³-hybridized carbons (Fsp3) is 0.333. The van der Waals surface area contributed by atoms with Crippen molar-refractivity contribution in [2.75, 3.05) is 62.0 Å². The number of benzene rings is 2. The van der Waals surface area contributed by atoms with Crippen LogP contribution in [0.5, 0.6) is 0 Å². The molecule has 3 N–H and O–H groups in total. The molecule has 0 radical (unpaired) electrons. The number of nitrogens with one attached hydrogen (secondary N) is 3. The molecule has 1 amide bonds. The Kier molecular flexibility index (Phi) is 10.6. The number of carbonyl (C=O) groups is 1. The van der Waals surface area contributed by atoms with E-state index in [9.17, 15) is 10.1 Å². The summed E-state index contributed by atoms with van der Waals surface area (Å²) in [4.78, 5) is 23.5. The maximum Gasteiger partial charge on any atom is 0.255 e. The van der Waals surface area contributed by atoms with Crippen LogP contribution in [0.1, 0.15) is 41.0 Å². The molecule has 0 atom stereocenters. The van der Waals surface area contributed by atoms with Crippen molar-refractivity contribution in [3.8, 4) is 6.07 Å². The number of aryl methyl sites for hydroxylation is 1. The van der Waals surface area contributed by atoms with Gasteiger partial charge in [0.15, 0.2) is 0 Å². The molecule has 43 heavy (non-hydrogen) atoms. The zero-order valence-corrected chi connectivity index (χ0v) is 26.1. The number of piperazine rings is 1. The second-order valence-electron chi connectivity index (χ2n) is 10.9. The van der Waals surface area contributed by atoms with Crippen molar-refractivity contribution in [3.05, 3.63) is 89.8 Å². The molecule has 0 aliphatic carbocycles. The highest BCUT2D eigenvalue weighted by Crippen LogP contribution is 2.31. The smallest absolute Gasteiger partial charge is 0.255 e. The highest BCUT2D eigenvalue weighted by atomic mass is 32.2. The van der Waals surface area contributed by atoms with E-state index in [2.05, 4.69) is 33.1 Å². The minimum absolute atomic E-state index is 0.261. The zero-order valence-electron chi connectivity index (χ0n) is 25.2. The Morgan fingerprint density at radius 2 is 1.95 bits per heavy atom. The van der Waals surface area contributed by atoms with E-state index < -0.39 is 5.41 Å². The third kappa shape index (κ3) is 8.02. The lowest BCUT2D eigenvalue weighted by Crippen LogP contribution is -2.47. The van der Waals surface area contributed by atoms with Crippen molar-refractivity contribution in [2.45, 2.75) is 31.1 Å². The Morgan fingerprint density at radius 1 is 1.19 bits per heavy atom. The number of thioether (sulfide) groups is 1. The van der Waals surface area contributed by atoms with Crippen LogP contribution in [0, 0.1) is 23.7 Å². The van der Waals surface area contributed by atoms with Gasteiger partial charge >= 0.3 is 0 Å². The van der Waals surface area contributed by atoms with Gasteiger partial charge in [0.1, 0.15) is 16.6 Å². The number of nitriles is 1. The fourth-order valence-electron chi connectivity index (χ4n) is 4.71. The van der Waals surface area contributed by atoms with Gasteiger partial charge in [0, 0.05) is 56.0 Å². The monoisotopic (exact) mass is 597 g/mol. The SMILES string of the molecule is C=CNc1ccc(N2CCN(CCOC)CC2)nc1C(=N)Sc1cc(C(=O)Nc2cccc(C(C)(C)C#N)c2)ccc1C. The van der Waals surface area contributed by atoms with Crippen molar-refractivity contribution in [3.63, 3.8) is 0 Å². The lowest BCUT2D eigenvalue weighted by Gasteiger charge is -2.35. The quantitative estimate of drug-likeness (QED) is 0.142.